The minimum absolute atomic E-state index is 0.218. The van der Waals surface area contributed by atoms with Crippen molar-refractivity contribution in [2.45, 2.75) is 27.3 Å². The van der Waals surface area contributed by atoms with E-state index in [4.69, 9.17) is 4.74 Å². The molecule has 0 atom stereocenters. The molecule has 0 saturated heterocycles. The lowest BCUT2D eigenvalue weighted by molar-refractivity contribution is -0.148. The van der Waals surface area contributed by atoms with Crippen LogP contribution < -0.4 is 0 Å². The summed E-state index contributed by atoms with van der Waals surface area (Å²) in [5, 5.41) is 2.81. The van der Waals surface area contributed by atoms with Gasteiger partial charge in [-0.3, -0.25) is 9.36 Å². The van der Waals surface area contributed by atoms with Crippen molar-refractivity contribution in [1.82, 2.24) is 14.5 Å². The summed E-state index contributed by atoms with van der Waals surface area (Å²) in [5.74, 6) is -0.761. The molecule has 0 unspecified atom stereocenters. The third kappa shape index (κ3) is 5.24. The highest BCUT2D eigenvalue weighted by atomic mass is 32.1. The first-order valence-corrected chi connectivity index (χ1v) is 10.6. The normalized spacial score (nSPS) is 11.0. The number of hydrogen-bond acceptors (Lipinski definition) is 5. The Labute approximate surface area is 180 Å². The van der Waals surface area contributed by atoms with Gasteiger partial charge < -0.3 is 9.64 Å². The number of amides is 1. The SMILES string of the molecule is CCN(Cc1ccccc1)C(=O)COC(=O)/C=C/c1cc(C)n(-c2nccs2)c1C. The Morgan fingerprint density at radius 1 is 1.23 bits per heavy atom. The zero-order valence-corrected chi connectivity index (χ0v) is 18.2. The van der Waals surface area contributed by atoms with E-state index in [0.29, 0.717) is 13.1 Å². The second-order valence-electron chi connectivity index (χ2n) is 6.81. The second kappa shape index (κ2) is 10.0. The van der Waals surface area contributed by atoms with Crippen LogP contribution >= 0.6 is 11.3 Å². The maximum Gasteiger partial charge on any atom is 0.331 e. The van der Waals surface area contributed by atoms with Gasteiger partial charge >= 0.3 is 5.97 Å². The first-order valence-electron chi connectivity index (χ1n) is 9.75. The molecule has 156 valence electrons. The van der Waals surface area contributed by atoms with Crippen LogP contribution in [0.15, 0.2) is 54.1 Å². The molecule has 0 spiro atoms. The number of thiazole rings is 1. The van der Waals surface area contributed by atoms with Crippen molar-refractivity contribution < 1.29 is 14.3 Å². The molecule has 0 aliphatic carbocycles. The van der Waals surface area contributed by atoms with Gasteiger partial charge in [0.25, 0.3) is 5.91 Å². The first kappa shape index (κ1) is 21.5. The lowest BCUT2D eigenvalue weighted by Gasteiger charge is -2.20. The number of hydrogen-bond donors (Lipinski definition) is 0. The molecule has 1 amide bonds. The van der Waals surface area contributed by atoms with Crippen LogP contribution in [-0.4, -0.2) is 39.5 Å². The minimum Gasteiger partial charge on any atom is -0.452 e. The molecule has 2 heterocycles. The van der Waals surface area contributed by atoms with Gasteiger partial charge in [0.2, 0.25) is 0 Å². The summed E-state index contributed by atoms with van der Waals surface area (Å²) in [6, 6.07) is 11.7. The first-order chi connectivity index (χ1) is 14.5. The number of carbonyl (C=O) groups excluding carboxylic acids is 2. The molecule has 0 aliphatic heterocycles. The Morgan fingerprint density at radius 2 is 2.00 bits per heavy atom. The van der Waals surface area contributed by atoms with Crippen LogP contribution in [0.3, 0.4) is 0 Å². The summed E-state index contributed by atoms with van der Waals surface area (Å²) < 4.78 is 7.20. The summed E-state index contributed by atoms with van der Waals surface area (Å²) >= 11 is 1.55. The topological polar surface area (TPSA) is 64.4 Å². The monoisotopic (exact) mass is 423 g/mol. The summed E-state index contributed by atoms with van der Waals surface area (Å²) in [6.07, 6.45) is 4.83. The summed E-state index contributed by atoms with van der Waals surface area (Å²) in [4.78, 5) is 30.5. The van der Waals surface area contributed by atoms with Crippen molar-refractivity contribution in [3.8, 4) is 5.13 Å². The molecule has 0 aliphatic rings. The fourth-order valence-corrected chi connectivity index (χ4v) is 3.94. The van der Waals surface area contributed by atoms with Crippen molar-refractivity contribution in [2.75, 3.05) is 13.2 Å². The highest BCUT2D eigenvalue weighted by Gasteiger charge is 2.14. The Bertz CT molecular complexity index is 1020. The third-order valence-corrected chi connectivity index (χ3v) is 5.53. The van der Waals surface area contributed by atoms with Gasteiger partial charge in [-0.15, -0.1) is 11.3 Å². The van der Waals surface area contributed by atoms with E-state index in [9.17, 15) is 9.59 Å². The fraction of sp³-hybridized carbons (Fsp3) is 0.261. The molecule has 3 aromatic rings. The molecule has 0 N–H and O–H groups in total. The fourth-order valence-electron chi connectivity index (χ4n) is 3.19. The Morgan fingerprint density at radius 3 is 2.67 bits per heavy atom. The van der Waals surface area contributed by atoms with Crippen molar-refractivity contribution in [1.29, 1.82) is 0 Å². The van der Waals surface area contributed by atoms with E-state index in [-0.39, 0.29) is 12.5 Å². The molecule has 2 aromatic heterocycles. The van der Waals surface area contributed by atoms with Crippen molar-refractivity contribution >= 4 is 29.3 Å². The average Bonchev–Trinajstić information content (AvgIpc) is 3.37. The van der Waals surface area contributed by atoms with Crippen LogP contribution in [0.25, 0.3) is 11.2 Å². The van der Waals surface area contributed by atoms with Gasteiger partial charge in [0.05, 0.1) is 0 Å². The molecule has 30 heavy (non-hydrogen) atoms. The van der Waals surface area contributed by atoms with Crippen LogP contribution in [0.1, 0.15) is 29.4 Å². The smallest absolute Gasteiger partial charge is 0.331 e. The number of esters is 1. The van der Waals surface area contributed by atoms with E-state index in [0.717, 1.165) is 27.6 Å². The second-order valence-corrected chi connectivity index (χ2v) is 7.68. The van der Waals surface area contributed by atoms with Crippen LogP contribution in [0.5, 0.6) is 0 Å². The van der Waals surface area contributed by atoms with Gasteiger partial charge in [-0.05, 0) is 44.0 Å². The zero-order valence-electron chi connectivity index (χ0n) is 17.4. The summed E-state index contributed by atoms with van der Waals surface area (Å²) in [5.41, 5.74) is 3.97. The molecule has 7 heteroatoms. The van der Waals surface area contributed by atoms with Crippen molar-refractivity contribution in [2.24, 2.45) is 0 Å². The standard InChI is InChI=1S/C23H25N3O3S/c1-4-25(15-19-8-6-5-7-9-19)21(27)16-29-22(28)11-10-20-14-17(2)26(18(20)3)23-24-12-13-30-23/h5-14H,4,15-16H2,1-3H3/b11-10+. The van der Waals surface area contributed by atoms with E-state index < -0.39 is 5.97 Å². The van der Waals surface area contributed by atoms with E-state index >= 15 is 0 Å². The number of ether oxygens (including phenoxy) is 1. The van der Waals surface area contributed by atoms with Crippen LogP contribution in [0.2, 0.25) is 0 Å². The lowest BCUT2D eigenvalue weighted by atomic mass is 10.2. The molecule has 0 saturated carbocycles. The predicted molar refractivity (Wildman–Crippen MR) is 118 cm³/mol. The maximum absolute atomic E-state index is 12.4. The number of aryl methyl sites for hydroxylation is 1. The highest BCUT2D eigenvalue weighted by Crippen LogP contribution is 2.23. The minimum atomic E-state index is -0.543. The number of rotatable bonds is 8. The largest absolute Gasteiger partial charge is 0.452 e. The van der Waals surface area contributed by atoms with Gasteiger partial charge in [0, 0.05) is 42.1 Å². The van der Waals surface area contributed by atoms with Crippen molar-refractivity contribution in [3.05, 3.63) is 76.6 Å². The molecule has 0 bridgehead atoms. The highest BCUT2D eigenvalue weighted by molar-refractivity contribution is 7.12. The zero-order chi connectivity index (χ0) is 21.5. The quantitative estimate of drug-likeness (QED) is 0.403. The van der Waals surface area contributed by atoms with Gasteiger partial charge in [-0.2, -0.15) is 0 Å². The molecular weight excluding hydrogens is 398 g/mol. The molecule has 6 nitrogen and oxygen atoms in total. The van der Waals surface area contributed by atoms with Gasteiger partial charge in [0.1, 0.15) is 0 Å². The molecule has 0 radical (unpaired) electrons. The van der Waals surface area contributed by atoms with E-state index in [1.807, 2.05) is 67.1 Å². The Hall–Kier alpha value is -3.19. The Balaban J connectivity index is 1.57. The number of nitrogens with zero attached hydrogens (tertiary/aromatic N) is 3. The van der Waals surface area contributed by atoms with Crippen LogP contribution in [0, 0.1) is 13.8 Å². The molecular formula is C23H25N3O3S. The predicted octanol–water partition coefficient (Wildman–Crippen LogP) is 4.16. The maximum atomic E-state index is 12.4. The van der Waals surface area contributed by atoms with E-state index in [1.165, 1.54) is 6.08 Å². The number of carbonyl (C=O) groups is 2. The lowest BCUT2D eigenvalue weighted by Crippen LogP contribution is -2.33. The van der Waals surface area contributed by atoms with Crippen LogP contribution in [-0.2, 0) is 20.9 Å². The number of benzene rings is 1. The third-order valence-electron chi connectivity index (χ3n) is 4.77. The van der Waals surface area contributed by atoms with Gasteiger partial charge in [0.15, 0.2) is 11.7 Å². The molecule has 1 aromatic carbocycles. The summed E-state index contributed by atoms with van der Waals surface area (Å²) in [7, 11) is 0. The average molecular weight is 424 g/mol. The van der Waals surface area contributed by atoms with Crippen molar-refractivity contribution in [3.63, 3.8) is 0 Å². The Kier molecular flexibility index (Phi) is 7.19. The number of aromatic nitrogens is 2. The van der Waals surface area contributed by atoms with Gasteiger partial charge in [-0.1, -0.05) is 30.3 Å². The summed E-state index contributed by atoms with van der Waals surface area (Å²) in [6.45, 7) is 6.64. The number of likely N-dealkylation sites (N-methyl/N-ethyl adjacent to an activating group) is 1. The van der Waals surface area contributed by atoms with Crippen LogP contribution in [0.4, 0.5) is 0 Å². The van der Waals surface area contributed by atoms with E-state index in [1.54, 1.807) is 28.5 Å². The molecule has 0 fully saturated rings. The van der Waals surface area contributed by atoms with Gasteiger partial charge in [-0.25, -0.2) is 9.78 Å². The van der Waals surface area contributed by atoms with E-state index in [2.05, 4.69) is 4.98 Å². The molecule has 3 rings (SSSR count).